The summed E-state index contributed by atoms with van der Waals surface area (Å²) in [5.74, 6) is 1.15. The molecule has 5 heteroatoms. The Kier molecular flexibility index (Phi) is 4.05. The van der Waals surface area contributed by atoms with Crippen molar-refractivity contribution in [3.05, 3.63) is 22.3 Å². The van der Waals surface area contributed by atoms with Crippen LogP contribution in [0.4, 0.5) is 5.82 Å². The Morgan fingerprint density at radius 1 is 1.32 bits per heavy atom. The van der Waals surface area contributed by atoms with Crippen molar-refractivity contribution in [1.82, 2.24) is 15.2 Å². The van der Waals surface area contributed by atoms with Crippen LogP contribution in [0, 0.1) is 6.92 Å². The normalized spacial score (nSPS) is 24.9. The summed E-state index contributed by atoms with van der Waals surface area (Å²) in [6.45, 7) is 9.03. The van der Waals surface area contributed by atoms with Crippen LogP contribution in [0.2, 0.25) is 0 Å². The molecule has 3 rings (SSSR count). The third-order valence-corrected chi connectivity index (χ3v) is 4.58. The number of rotatable bonds is 2. The van der Waals surface area contributed by atoms with Crippen LogP contribution in [0.15, 0.2) is 16.7 Å². The number of hydrogen-bond acceptors (Lipinski definition) is 4. The Bertz CT molecular complexity index is 445. The van der Waals surface area contributed by atoms with Gasteiger partial charge in [0.25, 0.3) is 0 Å². The molecule has 19 heavy (non-hydrogen) atoms. The van der Waals surface area contributed by atoms with Crippen LogP contribution in [-0.2, 0) is 0 Å². The van der Waals surface area contributed by atoms with Gasteiger partial charge in [0.1, 0.15) is 5.82 Å². The van der Waals surface area contributed by atoms with E-state index < -0.39 is 0 Å². The molecule has 0 saturated carbocycles. The van der Waals surface area contributed by atoms with E-state index in [0.717, 1.165) is 36.5 Å². The van der Waals surface area contributed by atoms with Gasteiger partial charge in [-0.2, -0.15) is 0 Å². The zero-order valence-corrected chi connectivity index (χ0v) is 13.0. The first-order chi connectivity index (χ1) is 9.24. The molecule has 0 amide bonds. The number of nitrogens with zero attached hydrogens (tertiary/aromatic N) is 3. The van der Waals surface area contributed by atoms with Crippen LogP contribution < -0.4 is 10.2 Å². The smallest absolute Gasteiger partial charge is 0.131 e. The van der Waals surface area contributed by atoms with Crippen LogP contribution in [0.5, 0.6) is 0 Å². The highest BCUT2D eigenvalue weighted by molar-refractivity contribution is 9.10. The van der Waals surface area contributed by atoms with Crippen molar-refractivity contribution >= 4 is 21.7 Å². The highest BCUT2D eigenvalue weighted by Gasteiger charge is 2.29. The zero-order valence-electron chi connectivity index (χ0n) is 11.4. The molecule has 2 fully saturated rings. The van der Waals surface area contributed by atoms with Crippen LogP contribution in [0.3, 0.4) is 0 Å². The van der Waals surface area contributed by atoms with Crippen molar-refractivity contribution in [2.45, 2.75) is 19.4 Å². The number of piperazine rings is 1. The van der Waals surface area contributed by atoms with Crippen molar-refractivity contribution in [3.63, 3.8) is 0 Å². The lowest BCUT2D eigenvalue weighted by molar-refractivity contribution is 0.185. The van der Waals surface area contributed by atoms with E-state index in [0.29, 0.717) is 6.04 Å². The molecule has 1 N–H and O–H groups in total. The van der Waals surface area contributed by atoms with Crippen molar-refractivity contribution in [1.29, 1.82) is 0 Å². The van der Waals surface area contributed by atoms with Gasteiger partial charge >= 0.3 is 0 Å². The maximum absolute atomic E-state index is 4.59. The standard InChI is InChI=1S/C14H21BrN4/c1-11-8-12(15)9-17-14(11)19-5-2-13(10-19)18-6-3-16-4-7-18/h8-9,13,16H,2-7,10H2,1H3. The van der Waals surface area contributed by atoms with Crippen LogP contribution in [-0.4, -0.2) is 55.2 Å². The maximum Gasteiger partial charge on any atom is 0.131 e. The topological polar surface area (TPSA) is 31.4 Å². The highest BCUT2D eigenvalue weighted by atomic mass is 79.9. The van der Waals surface area contributed by atoms with Gasteiger partial charge in [-0.05, 0) is 40.9 Å². The van der Waals surface area contributed by atoms with E-state index in [9.17, 15) is 0 Å². The van der Waals surface area contributed by atoms with Gasteiger partial charge in [0, 0.05) is 56.0 Å². The Morgan fingerprint density at radius 2 is 2.11 bits per heavy atom. The van der Waals surface area contributed by atoms with E-state index in [-0.39, 0.29) is 0 Å². The van der Waals surface area contributed by atoms with Crippen molar-refractivity contribution in [2.75, 3.05) is 44.2 Å². The minimum atomic E-state index is 0.701. The first-order valence-electron chi connectivity index (χ1n) is 7.06. The number of pyridine rings is 1. The second-order valence-corrected chi connectivity index (χ2v) is 6.38. The Hall–Kier alpha value is -0.650. The molecule has 0 spiro atoms. The Balaban J connectivity index is 1.67. The van der Waals surface area contributed by atoms with Gasteiger partial charge in [-0.1, -0.05) is 0 Å². The average Bonchev–Trinajstić information content (AvgIpc) is 2.89. The van der Waals surface area contributed by atoms with Gasteiger partial charge in [-0.25, -0.2) is 4.98 Å². The molecule has 1 atom stereocenters. The van der Waals surface area contributed by atoms with Crippen LogP contribution in [0.1, 0.15) is 12.0 Å². The molecular formula is C14H21BrN4. The molecule has 2 aliphatic heterocycles. The van der Waals surface area contributed by atoms with Gasteiger partial charge in [0.15, 0.2) is 0 Å². The third kappa shape index (κ3) is 2.93. The lowest BCUT2D eigenvalue weighted by Crippen LogP contribution is -2.49. The Labute approximate surface area is 123 Å². The van der Waals surface area contributed by atoms with Gasteiger partial charge in [-0.15, -0.1) is 0 Å². The summed E-state index contributed by atoms with van der Waals surface area (Å²) in [4.78, 5) is 9.66. The molecule has 4 nitrogen and oxygen atoms in total. The summed E-state index contributed by atoms with van der Waals surface area (Å²) in [6.07, 6.45) is 3.16. The lowest BCUT2D eigenvalue weighted by Gasteiger charge is -2.32. The molecule has 1 unspecified atom stereocenters. The molecule has 2 aliphatic rings. The van der Waals surface area contributed by atoms with E-state index in [2.05, 4.69) is 49.0 Å². The number of anilines is 1. The highest BCUT2D eigenvalue weighted by Crippen LogP contribution is 2.26. The molecule has 0 bridgehead atoms. The molecule has 1 aromatic rings. The summed E-state index contributed by atoms with van der Waals surface area (Å²) in [6, 6.07) is 2.85. The predicted molar refractivity (Wildman–Crippen MR) is 81.7 cm³/mol. The zero-order chi connectivity index (χ0) is 13.2. The Morgan fingerprint density at radius 3 is 2.84 bits per heavy atom. The van der Waals surface area contributed by atoms with E-state index in [1.165, 1.54) is 25.1 Å². The number of hydrogen-bond donors (Lipinski definition) is 1. The lowest BCUT2D eigenvalue weighted by atomic mass is 10.2. The SMILES string of the molecule is Cc1cc(Br)cnc1N1CCC(N2CCNCC2)C1. The summed E-state index contributed by atoms with van der Waals surface area (Å²) >= 11 is 3.48. The maximum atomic E-state index is 4.59. The van der Waals surface area contributed by atoms with E-state index in [1.807, 2.05) is 6.20 Å². The minimum absolute atomic E-state index is 0.701. The van der Waals surface area contributed by atoms with E-state index in [1.54, 1.807) is 0 Å². The third-order valence-electron chi connectivity index (χ3n) is 4.15. The number of aryl methyl sites for hydroxylation is 1. The fourth-order valence-electron chi connectivity index (χ4n) is 3.14. The molecule has 104 valence electrons. The second kappa shape index (κ2) is 5.77. The van der Waals surface area contributed by atoms with Gasteiger partial charge < -0.3 is 10.2 Å². The number of aromatic nitrogens is 1. The summed E-state index contributed by atoms with van der Waals surface area (Å²) < 4.78 is 1.06. The summed E-state index contributed by atoms with van der Waals surface area (Å²) in [7, 11) is 0. The fraction of sp³-hybridized carbons (Fsp3) is 0.643. The van der Waals surface area contributed by atoms with Gasteiger partial charge in [-0.3, -0.25) is 4.90 Å². The average molecular weight is 325 g/mol. The number of halogens is 1. The molecule has 3 heterocycles. The summed E-state index contributed by atoms with van der Waals surface area (Å²) in [5, 5.41) is 3.42. The van der Waals surface area contributed by atoms with E-state index >= 15 is 0 Å². The first-order valence-corrected chi connectivity index (χ1v) is 7.85. The second-order valence-electron chi connectivity index (χ2n) is 5.47. The number of nitrogens with one attached hydrogen (secondary N) is 1. The van der Waals surface area contributed by atoms with Crippen molar-refractivity contribution < 1.29 is 0 Å². The van der Waals surface area contributed by atoms with Gasteiger partial charge in [0.05, 0.1) is 0 Å². The molecule has 0 aromatic carbocycles. The molecule has 2 saturated heterocycles. The van der Waals surface area contributed by atoms with Crippen molar-refractivity contribution in [3.8, 4) is 0 Å². The largest absolute Gasteiger partial charge is 0.355 e. The predicted octanol–water partition coefficient (Wildman–Crippen LogP) is 1.64. The first kappa shape index (κ1) is 13.3. The fourth-order valence-corrected chi connectivity index (χ4v) is 3.59. The van der Waals surface area contributed by atoms with Crippen LogP contribution in [0.25, 0.3) is 0 Å². The molecule has 0 radical (unpaired) electrons. The van der Waals surface area contributed by atoms with E-state index in [4.69, 9.17) is 0 Å². The minimum Gasteiger partial charge on any atom is -0.355 e. The van der Waals surface area contributed by atoms with Crippen LogP contribution >= 0.6 is 15.9 Å². The van der Waals surface area contributed by atoms with Gasteiger partial charge in [0.2, 0.25) is 0 Å². The van der Waals surface area contributed by atoms with Crippen molar-refractivity contribution in [2.24, 2.45) is 0 Å². The molecular weight excluding hydrogens is 304 g/mol. The molecule has 0 aliphatic carbocycles. The monoisotopic (exact) mass is 324 g/mol. The quantitative estimate of drug-likeness (QED) is 0.896. The summed E-state index contributed by atoms with van der Waals surface area (Å²) in [5.41, 5.74) is 1.26. The molecule has 1 aromatic heterocycles.